The first-order valence-corrected chi connectivity index (χ1v) is 6.36. The Balaban J connectivity index is 2.31. The number of hydrogen-bond donors (Lipinski definition) is 1. The summed E-state index contributed by atoms with van der Waals surface area (Å²) in [5.74, 6) is -1.41. The van der Waals surface area contributed by atoms with E-state index in [0.717, 1.165) is 18.9 Å². The largest absolute Gasteiger partial charge is 0.543 e. The number of aromatic nitrogens is 1. The van der Waals surface area contributed by atoms with Gasteiger partial charge in [0.2, 0.25) is 10.0 Å². The lowest BCUT2D eigenvalue weighted by molar-refractivity contribution is -0.255. The molecule has 0 radical (unpaired) electrons. The molecule has 1 aliphatic heterocycles. The van der Waals surface area contributed by atoms with Crippen molar-refractivity contribution in [3.05, 3.63) is 18.0 Å². The Labute approximate surface area is 92.9 Å². The molecule has 1 saturated heterocycles. The summed E-state index contributed by atoms with van der Waals surface area (Å²) in [5, 5.41) is 10.5. The minimum atomic E-state index is -3.54. The van der Waals surface area contributed by atoms with Gasteiger partial charge in [0.1, 0.15) is 4.90 Å². The first kappa shape index (κ1) is 11.2. The van der Waals surface area contributed by atoms with Crippen LogP contribution in [0, 0.1) is 0 Å². The number of carbonyl (C=O) groups excluding carboxylic acids is 1. The number of H-pyrrole nitrogens is 1. The summed E-state index contributed by atoms with van der Waals surface area (Å²) in [6.07, 6.45) is 2.87. The maximum absolute atomic E-state index is 12.0. The lowest BCUT2D eigenvalue weighted by atomic mass is 10.4. The number of aromatic carboxylic acids is 1. The smallest absolute Gasteiger partial charge is 0.244 e. The summed E-state index contributed by atoms with van der Waals surface area (Å²) in [6, 6.07) is 1.09. The van der Waals surface area contributed by atoms with Crippen LogP contribution in [-0.4, -0.2) is 36.8 Å². The van der Waals surface area contributed by atoms with Crippen molar-refractivity contribution in [3.8, 4) is 0 Å². The molecule has 1 N–H and O–H groups in total. The van der Waals surface area contributed by atoms with E-state index in [4.69, 9.17) is 0 Å². The van der Waals surface area contributed by atoms with Gasteiger partial charge in [-0.3, -0.25) is 0 Å². The maximum atomic E-state index is 12.0. The Morgan fingerprint density at radius 3 is 2.50 bits per heavy atom. The third kappa shape index (κ3) is 1.83. The lowest BCUT2D eigenvalue weighted by Crippen LogP contribution is -2.27. The Morgan fingerprint density at radius 1 is 1.38 bits per heavy atom. The molecule has 6 nitrogen and oxygen atoms in total. The first-order valence-electron chi connectivity index (χ1n) is 4.92. The van der Waals surface area contributed by atoms with Gasteiger partial charge in [0.15, 0.2) is 0 Å². The van der Waals surface area contributed by atoms with E-state index in [2.05, 4.69) is 4.98 Å². The van der Waals surface area contributed by atoms with Gasteiger partial charge in [0.05, 0.1) is 11.7 Å². The number of carbonyl (C=O) groups is 1. The van der Waals surface area contributed by atoms with Gasteiger partial charge in [0, 0.05) is 19.3 Å². The van der Waals surface area contributed by atoms with Gasteiger partial charge >= 0.3 is 0 Å². The highest BCUT2D eigenvalue weighted by Crippen LogP contribution is 2.21. The summed E-state index contributed by atoms with van der Waals surface area (Å²) in [6.45, 7) is 0.988. The van der Waals surface area contributed by atoms with E-state index < -0.39 is 16.0 Å². The molecule has 0 spiro atoms. The van der Waals surface area contributed by atoms with Crippen LogP contribution in [0.4, 0.5) is 0 Å². The van der Waals surface area contributed by atoms with Gasteiger partial charge in [-0.1, -0.05) is 0 Å². The molecule has 0 atom stereocenters. The van der Waals surface area contributed by atoms with E-state index in [9.17, 15) is 18.3 Å². The van der Waals surface area contributed by atoms with Crippen LogP contribution in [0.25, 0.3) is 0 Å². The number of nitrogens with zero attached hydrogens (tertiary/aromatic N) is 1. The monoisotopic (exact) mass is 243 g/mol. The fourth-order valence-corrected chi connectivity index (χ4v) is 3.23. The summed E-state index contributed by atoms with van der Waals surface area (Å²) in [7, 11) is -3.54. The number of sulfonamides is 1. The fourth-order valence-electron chi connectivity index (χ4n) is 1.72. The standard InChI is InChI=1S/C9H12N2O4S/c12-9(13)8-5-7(6-10-8)16(14,15)11-3-1-2-4-11/h5-6,10H,1-4H2,(H,12,13)/p-1. The summed E-state index contributed by atoms with van der Waals surface area (Å²) < 4.78 is 25.3. The van der Waals surface area contributed by atoms with Crippen molar-refractivity contribution < 1.29 is 18.3 Å². The third-order valence-corrected chi connectivity index (χ3v) is 4.46. The lowest BCUT2D eigenvalue weighted by Gasteiger charge is -2.13. The molecule has 2 heterocycles. The summed E-state index contributed by atoms with van der Waals surface area (Å²) in [5.41, 5.74) is -0.224. The highest BCUT2D eigenvalue weighted by atomic mass is 32.2. The predicted molar refractivity (Wildman–Crippen MR) is 53.1 cm³/mol. The zero-order chi connectivity index (χ0) is 11.8. The third-order valence-electron chi connectivity index (χ3n) is 2.58. The van der Waals surface area contributed by atoms with E-state index >= 15 is 0 Å². The molecule has 0 unspecified atom stereocenters. The Bertz CT molecular complexity index is 499. The molecule has 2 rings (SSSR count). The maximum Gasteiger partial charge on any atom is 0.244 e. The van der Waals surface area contributed by atoms with Crippen LogP contribution in [0.5, 0.6) is 0 Å². The average molecular weight is 243 g/mol. The van der Waals surface area contributed by atoms with Crippen molar-refractivity contribution >= 4 is 16.0 Å². The van der Waals surface area contributed by atoms with E-state index in [1.165, 1.54) is 10.5 Å². The van der Waals surface area contributed by atoms with Crippen LogP contribution >= 0.6 is 0 Å². The van der Waals surface area contributed by atoms with Gasteiger partial charge in [-0.25, -0.2) is 8.42 Å². The highest BCUT2D eigenvalue weighted by Gasteiger charge is 2.27. The molecular formula is C9H11N2O4S-. The number of hydrogen-bond acceptors (Lipinski definition) is 4. The van der Waals surface area contributed by atoms with E-state index in [1.54, 1.807) is 0 Å². The van der Waals surface area contributed by atoms with E-state index in [1.807, 2.05) is 0 Å². The molecule has 0 aromatic carbocycles. The summed E-state index contributed by atoms with van der Waals surface area (Å²) in [4.78, 5) is 12.9. The minimum absolute atomic E-state index is 0.0198. The molecule has 1 aliphatic rings. The van der Waals surface area contributed by atoms with Crippen LogP contribution in [0.3, 0.4) is 0 Å². The Hall–Kier alpha value is -1.34. The normalized spacial score (nSPS) is 17.8. The van der Waals surface area contributed by atoms with Gasteiger partial charge in [0.25, 0.3) is 0 Å². The van der Waals surface area contributed by atoms with Crippen molar-refractivity contribution in [2.75, 3.05) is 13.1 Å². The van der Waals surface area contributed by atoms with E-state index in [0.29, 0.717) is 13.1 Å². The zero-order valence-corrected chi connectivity index (χ0v) is 9.29. The van der Waals surface area contributed by atoms with Crippen molar-refractivity contribution in [2.45, 2.75) is 17.7 Å². The van der Waals surface area contributed by atoms with Crippen LogP contribution in [0.15, 0.2) is 17.2 Å². The zero-order valence-electron chi connectivity index (χ0n) is 8.47. The van der Waals surface area contributed by atoms with Gasteiger partial charge < -0.3 is 14.9 Å². The minimum Gasteiger partial charge on any atom is -0.543 e. The Morgan fingerprint density at radius 2 is 2.00 bits per heavy atom. The van der Waals surface area contributed by atoms with Crippen LogP contribution in [0.2, 0.25) is 0 Å². The topological polar surface area (TPSA) is 93.3 Å². The molecular weight excluding hydrogens is 232 g/mol. The molecule has 0 amide bonds. The highest BCUT2D eigenvalue weighted by molar-refractivity contribution is 7.89. The van der Waals surface area contributed by atoms with Crippen LogP contribution in [0.1, 0.15) is 23.3 Å². The van der Waals surface area contributed by atoms with E-state index in [-0.39, 0.29) is 10.6 Å². The van der Waals surface area contributed by atoms with Crippen molar-refractivity contribution in [1.82, 2.24) is 9.29 Å². The Kier molecular flexibility index (Phi) is 2.73. The average Bonchev–Trinajstić information content (AvgIpc) is 2.90. The van der Waals surface area contributed by atoms with Crippen LogP contribution in [-0.2, 0) is 10.0 Å². The molecule has 1 aromatic heterocycles. The number of rotatable bonds is 3. The van der Waals surface area contributed by atoms with Crippen molar-refractivity contribution in [2.24, 2.45) is 0 Å². The summed E-state index contributed by atoms with van der Waals surface area (Å²) >= 11 is 0. The molecule has 16 heavy (non-hydrogen) atoms. The first-order chi connectivity index (χ1) is 7.51. The predicted octanol–water partition coefficient (Wildman–Crippen LogP) is -0.837. The second-order valence-corrected chi connectivity index (χ2v) is 5.59. The number of aromatic amines is 1. The van der Waals surface area contributed by atoms with Crippen molar-refractivity contribution in [1.29, 1.82) is 0 Å². The SMILES string of the molecule is O=C([O-])c1cc(S(=O)(=O)N2CCCC2)c[nH]1. The molecule has 1 aromatic rings. The molecule has 0 saturated carbocycles. The quantitative estimate of drug-likeness (QED) is 0.749. The fraction of sp³-hybridized carbons (Fsp3) is 0.444. The molecule has 88 valence electrons. The van der Waals surface area contributed by atoms with Gasteiger partial charge in [-0.15, -0.1) is 0 Å². The molecule has 0 bridgehead atoms. The van der Waals surface area contributed by atoms with Crippen LogP contribution < -0.4 is 5.11 Å². The molecule has 0 aliphatic carbocycles. The number of carboxylic acid groups (broad SMARTS) is 1. The molecule has 7 heteroatoms. The molecule has 1 fully saturated rings. The second kappa shape index (κ2) is 3.91. The number of nitrogens with one attached hydrogen (secondary N) is 1. The van der Waals surface area contributed by atoms with Gasteiger partial charge in [-0.2, -0.15) is 4.31 Å². The number of carboxylic acids is 1. The van der Waals surface area contributed by atoms with Gasteiger partial charge in [-0.05, 0) is 18.9 Å². The van der Waals surface area contributed by atoms with Crippen molar-refractivity contribution in [3.63, 3.8) is 0 Å². The second-order valence-electron chi connectivity index (χ2n) is 3.65.